The van der Waals surface area contributed by atoms with Gasteiger partial charge in [0.1, 0.15) is 0 Å². The van der Waals surface area contributed by atoms with Gasteiger partial charge in [0, 0.05) is 5.75 Å². The molecule has 0 aromatic heterocycles. The lowest BCUT2D eigenvalue weighted by atomic mass is 10.3. The van der Waals surface area contributed by atoms with Crippen LogP contribution in [0.5, 0.6) is 0 Å². The van der Waals surface area contributed by atoms with Gasteiger partial charge in [-0.05, 0) is 28.7 Å². The highest BCUT2D eigenvalue weighted by Gasteiger charge is 2.01. The van der Waals surface area contributed by atoms with E-state index in [2.05, 4.69) is 6.58 Å². The lowest BCUT2D eigenvalue weighted by molar-refractivity contribution is 0.962. The minimum atomic E-state index is 0. The second-order valence-electron chi connectivity index (χ2n) is 1.55. The monoisotopic (exact) mass is 164 g/mol. The summed E-state index contributed by atoms with van der Waals surface area (Å²) < 4.78 is 0. The van der Waals surface area contributed by atoms with Gasteiger partial charge in [-0.2, -0.15) is 0 Å². The summed E-state index contributed by atoms with van der Waals surface area (Å²) >= 11 is 0. The molecule has 0 aromatic carbocycles. The molecule has 0 N–H and O–H groups in total. The van der Waals surface area contributed by atoms with E-state index in [1.807, 2.05) is 21.6 Å². The zero-order valence-electron chi connectivity index (χ0n) is 4.14. The van der Waals surface area contributed by atoms with Crippen LogP contribution in [0.3, 0.4) is 0 Å². The Hall–Kier alpha value is 0.657. The van der Waals surface area contributed by atoms with Crippen molar-refractivity contribution in [3.8, 4) is 0 Å². The van der Waals surface area contributed by atoms with Gasteiger partial charge in [0.15, 0.2) is 0 Å². The molecule has 0 nitrogen and oxygen atoms in total. The standard InChI is InChI=1S/C5H8S2.H4Si/c1-5-3-2-4-6-7-5;/h1-4H2;1H4. The lowest BCUT2D eigenvalue weighted by Gasteiger charge is -2.08. The Bertz CT molecular complexity index is 74.5. The van der Waals surface area contributed by atoms with Gasteiger partial charge in [0.25, 0.3) is 0 Å². The summed E-state index contributed by atoms with van der Waals surface area (Å²) in [6.45, 7) is 3.86. The van der Waals surface area contributed by atoms with Crippen LogP contribution < -0.4 is 0 Å². The quantitative estimate of drug-likeness (QED) is 0.390. The van der Waals surface area contributed by atoms with Gasteiger partial charge in [-0.3, -0.25) is 0 Å². The van der Waals surface area contributed by atoms with Crippen molar-refractivity contribution in [2.45, 2.75) is 12.8 Å². The highest BCUT2D eigenvalue weighted by Crippen LogP contribution is 2.37. The molecule has 0 spiro atoms. The number of allylic oxidation sites excluding steroid dienone is 1. The Labute approximate surface area is 62.9 Å². The molecule has 0 radical (unpaired) electrons. The van der Waals surface area contributed by atoms with E-state index in [0.717, 1.165) is 0 Å². The molecule has 0 bridgehead atoms. The number of hydrogen-bond acceptors (Lipinski definition) is 2. The first-order valence-corrected chi connectivity index (χ1v) is 4.69. The van der Waals surface area contributed by atoms with E-state index in [0.29, 0.717) is 0 Å². The SMILES string of the molecule is C=C1CCCSS1.[SiH4]. The second kappa shape index (κ2) is 4.53. The molecule has 1 fully saturated rings. The van der Waals surface area contributed by atoms with Crippen LogP contribution in [0.1, 0.15) is 12.8 Å². The fourth-order valence-electron chi connectivity index (χ4n) is 0.495. The molecule has 8 heavy (non-hydrogen) atoms. The maximum Gasteiger partial charge on any atom is 0.00436 e. The maximum atomic E-state index is 3.86. The highest BCUT2D eigenvalue weighted by molar-refractivity contribution is 8.78. The first kappa shape index (κ1) is 8.66. The van der Waals surface area contributed by atoms with Crippen molar-refractivity contribution in [1.82, 2.24) is 0 Å². The van der Waals surface area contributed by atoms with Crippen LogP contribution in [0.15, 0.2) is 11.5 Å². The molecule has 0 saturated carbocycles. The van der Waals surface area contributed by atoms with Gasteiger partial charge in [-0.15, -0.1) is 0 Å². The van der Waals surface area contributed by atoms with E-state index >= 15 is 0 Å². The third-order valence-corrected chi connectivity index (χ3v) is 3.43. The molecule has 0 aromatic rings. The van der Waals surface area contributed by atoms with Crippen LogP contribution in [-0.2, 0) is 0 Å². The molecule has 1 rings (SSSR count). The molecule has 1 heterocycles. The molecule has 0 amide bonds. The molecule has 1 saturated heterocycles. The predicted octanol–water partition coefficient (Wildman–Crippen LogP) is 1.22. The van der Waals surface area contributed by atoms with E-state index < -0.39 is 0 Å². The summed E-state index contributed by atoms with van der Waals surface area (Å²) in [4.78, 5) is 1.34. The van der Waals surface area contributed by atoms with Crippen LogP contribution in [0.4, 0.5) is 0 Å². The van der Waals surface area contributed by atoms with Crippen molar-refractivity contribution in [1.29, 1.82) is 0 Å². The van der Waals surface area contributed by atoms with Gasteiger partial charge < -0.3 is 0 Å². The summed E-state index contributed by atoms with van der Waals surface area (Å²) in [6.07, 6.45) is 2.56. The van der Waals surface area contributed by atoms with Crippen LogP contribution >= 0.6 is 21.6 Å². The zero-order chi connectivity index (χ0) is 5.11. The average Bonchev–Trinajstić information content (AvgIpc) is 1.69. The lowest BCUT2D eigenvalue weighted by Crippen LogP contribution is -1.84. The number of rotatable bonds is 0. The van der Waals surface area contributed by atoms with Crippen molar-refractivity contribution >= 4 is 32.6 Å². The predicted molar refractivity (Wildman–Crippen MR) is 49.8 cm³/mol. The van der Waals surface area contributed by atoms with Crippen LogP contribution in [-0.4, -0.2) is 16.7 Å². The summed E-state index contributed by atoms with van der Waals surface area (Å²) in [5.41, 5.74) is 0. The minimum Gasteiger partial charge on any atom is -0.0893 e. The molecule has 3 heteroatoms. The summed E-state index contributed by atoms with van der Waals surface area (Å²) in [7, 11) is 3.76. The second-order valence-corrected chi connectivity index (χ2v) is 4.14. The Kier molecular flexibility index (Phi) is 4.90. The van der Waals surface area contributed by atoms with Crippen molar-refractivity contribution in [2.75, 3.05) is 5.75 Å². The molecular formula is C5H12S2Si. The van der Waals surface area contributed by atoms with Gasteiger partial charge in [-0.1, -0.05) is 28.2 Å². The van der Waals surface area contributed by atoms with Crippen molar-refractivity contribution < 1.29 is 0 Å². The largest absolute Gasteiger partial charge is 0.0893 e. The summed E-state index contributed by atoms with van der Waals surface area (Å²) in [6, 6.07) is 0. The normalized spacial score (nSPS) is 19.8. The van der Waals surface area contributed by atoms with Gasteiger partial charge >= 0.3 is 0 Å². The molecule has 0 aliphatic carbocycles. The van der Waals surface area contributed by atoms with E-state index in [4.69, 9.17) is 0 Å². The maximum absolute atomic E-state index is 3.86. The molecule has 0 atom stereocenters. The van der Waals surface area contributed by atoms with E-state index in [-0.39, 0.29) is 11.0 Å². The summed E-state index contributed by atoms with van der Waals surface area (Å²) in [5.74, 6) is 1.31. The Morgan fingerprint density at radius 2 is 2.25 bits per heavy atom. The van der Waals surface area contributed by atoms with Gasteiger partial charge in [0.2, 0.25) is 0 Å². The van der Waals surface area contributed by atoms with Gasteiger partial charge in [-0.25, -0.2) is 0 Å². The Morgan fingerprint density at radius 3 is 2.50 bits per heavy atom. The highest BCUT2D eigenvalue weighted by atomic mass is 33.1. The van der Waals surface area contributed by atoms with Crippen molar-refractivity contribution in [3.05, 3.63) is 11.5 Å². The van der Waals surface area contributed by atoms with Crippen molar-refractivity contribution in [2.24, 2.45) is 0 Å². The first-order valence-electron chi connectivity index (χ1n) is 2.37. The van der Waals surface area contributed by atoms with Crippen LogP contribution in [0.25, 0.3) is 0 Å². The third kappa shape index (κ3) is 2.84. The summed E-state index contributed by atoms with van der Waals surface area (Å²) in [5, 5.41) is 0. The van der Waals surface area contributed by atoms with Crippen molar-refractivity contribution in [3.63, 3.8) is 0 Å². The van der Waals surface area contributed by atoms with Gasteiger partial charge in [0.05, 0.1) is 0 Å². The topological polar surface area (TPSA) is 0 Å². The minimum absolute atomic E-state index is 0. The van der Waals surface area contributed by atoms with E-state index in [1.54, 1.807) is 0 Å². The first-order chi connectivity index (χ1) is 3.39. The van der Waals surface area contributed by atoms with Crippen LogP contribution in [0.2, 0.25) is 0 Å². The average molecular weight is 164 g/mol. The fourth-order valence-corrected chi connectivity index (χ4v) is 2.59. The smallest absolute Gasteiger partial charge is 0.00436 e. The number of hydrogen-bond donors (Lipinski definition) is 0. The zero-order valence-corrected chi connectivity index (χ0v) is 5.78. The van der Waals surface area contributed by atoms with E-state index in [9.17, 15) is 0 Å². The molecule has 1 aliphatic rings. The van der Waals surface area contributed by atoms with Crippen LogP contribution in [0, 0.1) is 0 Å². The molecule has 48 valence electrons. The molecular weight excluding hydrogens is 152 g/mol. The molecule has 0 unspecified atom stereocenters. The Balaban J connectivity index is 0.000000490. The third-order valence-electron chi connectivity index (χ3n) is 0.860. The van der Waals surface area contributed by atoms with E-state index in [1.165, 1.54) is 23.5 Å². The molecule has 1 aliphatic heterocycles. The fraction of sp³-hybridized carbons (Fsp3) is 0.600. The Morgan fingerprint density at radius 1 is 1.50 bits per heavy atom.